The predicted molar refractivity (Wildman–Crippen MR) is 94.5 cm³/mol. The molecule has 0 fully saturated rings. The van der Waals surface area contributed by atoms with Gasteiger partial charge in [0, 0.05) is 5.69 Å². The van der Waals surface area contributed by atoms with Crippen LogP contribution in [-0.4, -0.2) is 31.4 Å². The maximum Gasteiger partial charge on any atom is 0.416 e. The number of alkyl halides is 3. The lowest BCUT2D eigenvalue weighted by atomic mass is 10.2. The first kappa shape index (κ1) is 19.8. The second-order valence-corrected chi connectivity index (χ2v) is 6.99. The van der Waals surface area contributed by atoms with E-state index in [0.717, 1.165) is 23.9 Å². The quantitative estimate of drug-likeness (QED) is 0.509. The molecule has 11 heteroatoms. The number of halogens is 4. The molecule has 146 valence electrons. The highest BCUT2D eigenvalue weighted by Crippen LogP contribution is 2.30. The van der Waals surface area contributed by atoms with Crippen LogP contribution in [0.3, 0.4) is 0 Å². The lowest BCUT2D eigenvalue weighted by Gasteiger charge is -2.12. The Hall–Kier alpha value is -2.95. The van der Waals surface area contributed by atoms with Crippen molar-refractivity contribution in [1.82, 2.24) is 20.2 Å². The van der Waals surface area contributed by atoms with E-state index in [2.05, 4.69) is 20.8 Å². The van der Waals surface area contributed by atoms with Crippen molar-refractivity contribution in [1.29, 1.82) is 0 Å². The second-order valence-electron chi connectivity index (χ2n) is 5.68. The molecular weight excluding hydrogens is 398 g/mol. The number of hydrogen-bond donors (Lipinski definition) is 1. The molecule has 1 atom stereocenters. The molecule has 0 saturated carbocycles. The normalized spacial score (nSPS) is 12.6. The fourth-order valence-corrected chi connectivity index (χ4v) is 3.03. The van der Waals surface area contributed by atoms with E-state index in [4.69, 9.17) is 0 Å². The highest BCUT2D eigenvalue weighted by Gasteiger charge is 2.30. The molecule has 6 nitrogen and oxygen atoms in total. The van der Waals surface area contributed by atoms with E-state index in [0.29, 0.717) is 5.69 Å². The summed E-state index contributed by atoms with van der Waals surface area (Å²) < 4.78 is 52.5. The fraction of sp³-hybridized carbons (Fsp3) is 0.176. The molecule has 0 aliphatic carbocycles. The van der Waals surface area contributed by atoms with Crippen LogP contribution in [0.5, 0.6) is 0 Å². The van der Waals surface area contributed by atoms with Gasteiger partial charge in [0.05, 0.1) is 16.5 Å². The number of nitrogens with zero attached hydrogens (tertiary/aromatic N) is 4. The van der Waals surface area contributed by atoms with E-state index in [-0.39, 0.29) is 10.8 Å². The number of hydrogen-bond acceptors (Lipinski definition) is 5. The molecule has 1 aromatic heterocycles. The van der Waals surface area contributed by atoms with Crippen molar-refractivity contribution in [3.63, 3.8) is 0 Å². The SMILES string of the molecule is C[C@@H](Sc1nnnn1-c1cccc(F)c1)C(=O)Nc1ccc(C(F)(F)F)cc1. The van der Waals surface area contributed by atoms with Gasteiger partial charge in [-0.05, 0) is 59.8 Å². The maximum atomic E-state index is 13.4. The van der Waals surface area contributed by atoms with Gasteiger partial charge in [-0.1, -0.05) is 17.8 Å². The van der Waals surface area contributed by atoms with Gasteiger partial charge in [0.25, 0.3) is 0 Å². The summed E-state index contributed by atoms with van der Waals surface area (Å²) in [5.41, 5.74) is -0.180. The van der Waals surface area contributed by atoms with Crippen molar-refractivity contribution < 1.29 is 22.4 Å². The first-order valence-electron chi connectivity index (χ1n) is 7.93. The van der Waals surface area contributed by atoms with Gasteiger partial charge in [-0.25, -0.2) is 4.39 Å². The summed E-state index contributed by atoms with van der Waals surface area (Å²) in [6, 6.07) is 9.76. The van der Waals surface area contributed by atoms with Crippen LogP contribution < -0.4 is 5.32 Å². The molecule has 1 amide bonds. The first-order valence-corrected chi connectivity index (χ1v) is 8.81. The van der Waals surface area contributed by atoms with Crippen LogP contribution in [0, 0.1) is 5.82 Å². The predicted octanol–water partition coefficient (Wildman–Crippen LogP) is 3.94. The number of benzene rings is 2. The Labute approximate surface area is 160 Å². The lowest BCUT2D eigenvalue weighted by molar-refractivity contribution is -0.137. The van der Waals surface area contributed by atoms with E-state index >= 15 is 0 Å². The molecule has 3 rings (SSSR count). The second kappa shape index (κ2) is 7.97. The maximum absolute atomic E-state index is 13.4. The van der Waals surface area contributed by atoms with Crippen LogP contribution in [0.4, 0.5) is 23.2 Å². The molecule has 1 N–H and O–H groups in total. The number of tetrazole rings is 1. The summed E-state index contributed by atoms with van der Waals surface area (Å²) in [7, 11) is 0. The Morgan fingerprint density at radius 2 is 1.89 bits per heavy atom. The summed E-state index contributed by atoms with van der Waals surface area (Å²) in [4.78, 5) is 12.3. The van der Waals surface area contributed by atoms with E-state index in [9.17, 15) is 22.4 Å². The first-order chi connectivity index (χ1) is 13.2. The van der Waals surface area contributed by atoms with Crippen LogP contribution in [-0.2, 0) is 11.0 Å². The van der Waals surface area contributed by atoms with Gasteiger partial charge in [-0.2, -0.15) is 17.9 Å². The van der Waals surface area contributed by atoms with Gasteiger partial charge >= 0.3 is 6.18 Å². The average molecular weight is 411 g/mol. The third-order valence-corrected chi connectivity index (χ3v) is 4.66. The smallest absolute Gasteiger partial charge is 0.325 e. The fourth-order valence-electron chi connectivity index (χ4n) is 2.22. The largest absolute Gasteiger partial charge is 0.416 e. The molecule has 3 aromatic rings. The molecule has 0 spiro atoms. The van der Waals surface area contributed by atoms with E-state index in [1.165, 1.54) is 35.0 Å². The highest BCUT2D eigenvalue weighted by molar-refractivity contribution is 8.00. The van der Waals surface area contributed by atoms with Gasteiger partial charge in [-0.3, -0.25) is 4.79 Å². The van der Waals surface area contributed by atoms with Crippen LogP contribution in [0.25, 0.3) is 5.69 Å². The van der Waals surface area contributed by atoms with Crippen LogP contribution >= 0.6 is 11.8 Å². The topological polar surface area (TPSA) is 72.7 Å². The van der Waals surface area contributed by atoms with Gasteiger partial charge in [0.1, 0.15) is 5.82 Å². The molecule has 0 bridgehead atoms. The Balaban J connectivity index is 1.68. The minimum atomic E-state index is -4.44. The summed E-state index contributed by atoms with van der Waals surface area (Å²) in [5.74, 6) is -0.907. The average Bonchev–Trinajstić information content (AvgIpc) is 3.09. The summed E-state index contributed by atoms with van der Waals surface area (Å²) in [6.07, 6.45) is -4.44. The zero-order valence-corrected chi connectivity index (χ0v) is 15.1. The molecular formula is C17H13F4N5OS. The molecule has 0 aliphatic rings. The molecule has 0 radical (unpaired) electrons. The summed E-state index contributed by atoms with van der Waals surface area (Å²) in [6.45, 7) is 1.59. The Kier molecular flexibility index (Phi) is 5.63. The summed E-state index contributed by atoms with van der Waals surface area (Å²) in [5, 5.41) is 13.3. The number of aromatic nitrogens is 4. The van der Waals surface area contributed by atoms with Crippen molar-refractivity contribution in [2.24, 2.45) is 0 Å². The van der Waals surface area contributed by atoms with E-state index in [1.54, 1.807) is 13.0 Å². The highest BCUT2D eigenvalue weighted by atomic mass is 32.2. The van der Waals surface area contributed by atoms with E-state index < -0.39 is 28.7 Å². The Bertz CT molecular complexity index is 974. The van der Waals surface area contributed by atoms with E-state index in [1.807, 2.05) is 0 Å². The van der Waals surface area contributed by atoms with Crippen molar-refractivity contribution in [3.05, 3.63) is 59.9 Å². The van der Waals surface area contributed by atoms with Gasteiger partial charge in [0.15, 0.2) is 0 Å². The Morgan fingerprint density at radius 3 is 2.54 bits per heavy atom. The van der Waals surface area contributed by atoms with Crippen molar-refractivity contribution >= 4 is 23.4 Å². The number of thioether (sulfide) groups is 1. The van der Waals surface area contributed by atoms with Crippen LogP contribution in [0.1, 0.15) is 12.5 Å². The van der Waals surface area contributed by atoms with Crippen LogP contribution in [0.15, 0.2) is 53.7 Å². The molecule has 2 aromatic carbocycles. The molecule has 28 heavy (non-hydrogen) atoms. The molecule has 0 aliphatic heterocycles. The number of rotatable bonds is 5. The number of amides is 1. The third-order valence-electron chi connectivity index (χ3n) is 3.62. The number of anilines is 1. The molecule has 0 unspecified atom stereocenters. The minimum Gasteiger partial charge on any atom is -0.325 e. The van der Waals surface area contributed by atoms with Gasteiger partial charge in [-0.15, -0.1) is 5.10 Å². The van der Waals surface area contributed by atoms with Gasteiger partial charge in [0.2, 0.25) is 11.1 Å². The number of nitrogens with one attached hydrogen (secondary N) is 1. The monoisotopic (exact) mass is 411 g/mol. The molecule has 1 heterocycles. The standard InChI is InChI=1S/C17H13F4N5OS/c1-10(15(27)22-13-7-5-11(6-8-13)17(19,20)21)28-16-23-24-25-26(16)14-4-2-3-12(18)9-14/h2-10H,1H3,(H,22,27)/t10-/m1/s1. The molecule has 0 saturated heterocycles. The zero-order chi connectivity index (χ0) is 20.3. The third kappa shape index (κ3) is 4.66. The lowest BCUT2D eigenvalue weighted by Crippen LogP contribution is -2.23. The summed E-state index contributed by atoms with van der Waals surface area (Å²) >= 11 is 1.02. The number of carbonyl (C=O) groups excluding carboxylic acids is 1. The van der Waals surface area contributed by atoms with Gasteiger partial charge < -0.3 is 5.32 Å². The zero-order valence-electron chi connectivity index (χ0n) is 14.3. The van der Waals surface area contributed by atoms with Crippen LogP contribution in [0.2, 0.25) is 0 Å². The number of carbonyl (C=O) groups is 1. The van der Waals surface area contributed by atoms with Crippen molar-refractivity contribution in [3.8, 4) is 5.69 Å². The van der Waals surface area contributed by atoms with Crippen molar-refractivity contribution in [2.45, 2.75) is 23.5 Å². The minimum absolute atomic E-state index is 0.232. The van der Waals surface area contributed by atoms with Crippen molar-refractivity contribution in [2.75, 3.05) is 5.32 Å². The Morgan fingerprint density at radius 1 is 1.18 bits per heavy atom.